The van der Waals surface area contributed by atoms with Gasteiger partial charge >= 0.3 is 0 Å². The Morgan fingerprint density at radius 3 is 2.11 bits per heavy atom. The zero-order valence-electron chi connectivity index (χ0n) is 17.0. The number of ether oxygens (including phenoxy) is 4. The van der Waals surface area contributed by atoms with Crippen molar-refractivity contribution in [3.8, 4) is 23.0 Å². The molecule has 0 aromatic heterocycles. The lowest BCUT2D eigenvalue weighted by molar-refractivity contribution is 0.354. The molecule has 3 rings (SSSR count). The van der Waals surface area contributed by atoms with Crippen LogP contribution in [0.3, 0.4) is 0 Å². The summed E-state index contributed by atoms with van der Waals surface area (Å²) in [6.07, 6.45) is 11.2. The molecular weight excluding hydrogens is 352 g/mol. The summed E-state index contributed by atoms with van der Waals surface area (Å²) in [5.74, 6) is 3.72. The van der Waals surface area contributed by atoms with Gasteiger partial charge in [-0.1, -0.05) is 36.4 Å². The van der Waals surface area contributed by atoms with Crippen LogP contribution in [0.4, 0.5) is 0 Å². The fourth-order valence-corrected chi connectivity index (χ4v) is 3.68. The molecule has 0 bridgehead atoms. The zero-order chi connectivity index (χ0) is 19.9. The van der Waals surface area contributed by atoms with Crippen molar-refractivity contribution in [1.29, 1.82) is 0 Å². The first kappa shape index (κ1) is 19.9. The first-order valence-corrected chi connectivity index (χ1v) is 9.49. The molecule has 0 N–H and O–H groups in total. The van der Waals surface area contributed by atoms with E-state index in [0.717, 1.165) is 41.4 Å². The summed E-state index contributed by atoms with van der Waals surface area (Å²) in [5.41, 5.74) is 2.33. The average Bonchev–Trinajstić information content (AvgIpc) is 2.77. The molecule has 2 atom stereocenters. The van der Waals surface area contributed by atoms with Crippen LogP contribution in [0.1, 0.15) is 29.9 Å². The minimum absolute atomic E-state index is 0.310. The van der Waals surface area contributed by atoms with E-state index in [-0.39, 0.29) is 0 Å². The SMILES string of the molecule is COc1ccc(C=C[C@H]2CCC=C[C@@H]2c2ccc(OC)c(OC)c2)cc1OC. The molecule has 4 nitrogen and oxygen atoms in total. The van der Waals surface area contributed by atoms with Gasteiger partial charge in [0.1, 0.15) is 0 Å². The summed E-state index contributed by atoms with van der Waals surface area (Å²) in [6.45, 7) is 0. The van der Waals surface area contributed by atoms with Crippen molar-refractivity contribution >= 4 is 6.08 Å². The highest BCUT2D eigenvalue weighted by molar-refractivity contribution is 5.56. The van der Waals surface area contributed by atoms with E-state index < -0.39 is 0 Å². The Kier molecular flexibility index (Phi) is 6.64. The van der Waals surface area contributed by atoms with Gasteiger partial charge in [0.2, 0.25) is 0 Å². The van der Waals surface area contributed by atoms with E-state index in [1.54, 1.807) is 28.4 Å². The predicted molar refractivity (Wildman–Crippen MR) is 113 cm³/mol. The third-order valence-electron chi connectivity index (χ3n) is 5.21. The van der Waals surface area contributed by atoms with Gasteiger partial charge in [-0.3, -0.25) is 0 Å². The fraction of sp³-hybridized carbons (Fsp3) is 0.333. The predicted octanol–water partition coefficient (Wildman–Crippen LogP) is 5.48. The normalized spacial score (nSPS) is 18.9. The van der Waals surface area contributed by atoms with Crippen molar-refractivity contribution < 1.29 is 18.9 Å². The maximum absolute atomic E-state index is 5.49. The molecule has 0 spiro atoms. The van der Waals surface area contributed by atoms with Crippen molar-refractivity contribution in [2.75, 3.05) is 28.4 Å². The van der Waals surface area contributed by atoms with Crippen molar-refractivity contribution in [3.05, 3.63) is 65.8 Å². The monoisotopic (exact) mass is 380 g/mol. The highest BCUT2D eigenvalue weighted by Gasteiger charge is 2.22. The molecular formula is C24H28O4. The van der Waals surface area contributed by atoms with Gasteiger partial charge in [0.05, 0.1) is 28.4 Å². The molecule has 0 saturated heterocycles. The van der Waals surface area contributed by atoms with E-state index >= 15 is 0 Å². The summed E-state index contributed by atoms with van der Waals surface area (Å²) in [5, 5.41) is 0. The molecule has 0 heterocycles. The highest BCUT2D eigenvalue weighted by Crippen LogP contribution is 2.39. The number of hydrogen-bond donors (Lipinski definition) is 0. The van der Waals surface area contributed by atoms with Gasteiger partial charge in [-0.2, -0.15) is 0 Å². The second kappa shape index (κ2) is 9.36. The van der Waals surface area contributed by atoms with Gasteiger partial charge in [-0.15, -0.1) is 0 Å². The van der Waals surface area contributed by atoms with Crippen molar-refractivity contribution in [2.24, 2.45) is 5.92 Å². The number of hydrogen-bond acceptors (Lipinski definition) is 4. The van der Waals surface area contributed by atoms with Crippen LogP contribution < -0.4 is 18.9 Å². The second-order valence-corrected chi connectivity index (χ2v) is 6.78. The molecule has 0 saturated carbocycles. The summed E-state index contributed by atoms with van der Waals surface area (Å²) in [4.78, 5) is 0. The molecule has 0 fully saturated rings. The Hall–Kier alpha value is -2.88. The van der Waals surface area contributed by atoms with Crippen LogP contribution in [0.2, 0.25) is 0 Å². The fourth-order valence-electron chi connectivity index (χ4n) is 3.68. The molecule has 0 radical (unpaired) electrons. The van der Waals surface area contributed by atoms with Crippen molar-refractivity contribution in [2.45, 2.75) is 18.8 Å². The van der Waals surface area contributed by atoms with E-state index in [2.05, 4.69) is 36.4 Å². The van der Waals surface area contributed by atoms with Crippen LogP contribution >= 0.6 is 0 Å². The standard InChI is InChI=1S/C24H28O4/c1-25-21-13-10-17(15-23(21)27-3)9-11-18-7-5-6-8-20(18)19-12-14-22(26-2)24(16-19)28-4/h6,8-16,18,20H,5,7H2,1-4H3/t18-,20+/m1/s1. The first-order chi connectivity index (χ1) is 13.7. The van der Waals surface area contributed by atoms with E-state index in [4.69, 9.17) is 18.9 Å². The topological polar surface area (TPSA) is 36.9 Å². The molecule has 0 aliphatic heterocycles. The number of rotatable bonds is 7. The lowest BCUT2D eigenvalue weighted by Crippen LogP contribution is -2.12. The molecule has 1 aliphatic rings. The highest BCUT2D eigenvalue weighted by atomic mass is 16.5. The van der Waals surface area contributed by atoms with Gasteiger partial charge in [-0.25, -0.2) is 0 Å². The van der Waals surface area contributed by atoms with E-state index in [9.17, 15) is 0 Å². The van der Waals surface area contributed by atoms with Gasteiger partial charge in [0, 0.05) is 5.92 Å². The van der Waals surface area contributed by atoms with Crippen LogP contribution in [0.5, 0.6) is 23.0 Å². The summed E-state index contributed by atoms with van der Waals surface area (Å²) >= 11 is 0. The third-order valence-corrected chi connectivity index (χ3v) is 5.21. The first-order valence-electron chi connectivity index (χ1n) is 9.49. The summed E-state index contributed by atoms with van der Waals surface area (Å²) < 4.78 is 21.6. The van der Waals surface area contributed by atoms with E-state index in [1.807, 2.05) is 24.3 Å². The molecule has 2 aromatic rings. The maximum Gasteiger partial charge on any atom is 0.161 e. The Balaban J connectivity index is 1.85. The Morgan fingerprint density at radius 2 is 1.43 bits per heavy atom. The number of benzene rings is 2. The quantitative estimate of drug-likeness (QED) is 0.596. The zero-order valence-corrected chi connectivity index (χ0v) is 17.0. The van der Waals surface area contributed by atoms with Gasteiger partial charge in [0.15, 0.2) is 23.0 Å². The lowest BCUT2D eigenvalue weighted by Gasteiger charge is -2.26. The van der Waals surface area contributed by atoms with Crippen LogP contribution in [-0.2, 0) is 0 Å². The number of allylic oxidation sites excluding steroid dienone is 3. The van der Waals surface area contributed by atoms with Crippen molar-refractivity contribution in [3.63, 3.8) is 0 Å². The molecule has 0 amide bonds. The average molecular weight is 380 g/mol. The molecule has 4 heteroatoms. The van der Waals surface area contributed by atoms with Gasteiger partial charge < -0.3 is 18.9 Å². The molecule has 148 valence electrons. The molecule has 1 aliphatic carbocycles. The minimum atomic E-state index is 0.310. The van der Waals surface area contributed by atoms with E-state index in [1.165, 1.54) is 5.56 Å². The molecule has 28 heavy (non-hydrogen) atoms. The minimum Gasteiger partial charge on any atom is -0.493 e. The molecule has 0 unspecified atom stereocenters. The van der Waals surface area contributed by atoms with E-state index in [0.29, 0.717) is 11.8 Å². The molecule has 2 aromatic carbocycles. The number of methoxy groups -OCH3 is 4. The largest absolute Gasteiger partial charge is 0.493 e. The van der Waals surface area contributed by atoms with Crippen LogP contribution in [0, 0.1) is 5.92 Å². The van der Waals surface area contributed by atoms with Gasteiger partial charge in [-0.05, 0) is 54.2 Å². The lowest BCUT2D eigenvalue weighted by atomic mass is 9.79. The maximum atomic E-state index is 5.49. The Bertz CT molecular complexity index is 854. The third kappa shape index (κ3) is 4.33. The summed E-state index contributed by atoms with van der Waals surface area (Å²) in [7, 11) is 6.64. The smallest absolute Gasteiger partial charge is 0.161 e. The van der Waals surface area contributed by atoms with Gasteiger partial charge in [0.25, 0.3) is 0 Å². The van der Waals surface area contributed by atoms with Crippen LogP contribution in [-0.4, -0.2) is 28.4 Å². The summed E-state index contributed by atoms with van der Waals surface area (Å²) in [6, 6.07) is 12.2. The van der Waals surface area contributed by atoms with Crippen molar-refractivity contribution in [1.82, 2.24) is 0 Å². The Morgan fingerprint density at radius 1 is 0.786 bits per heavy atom. The van der Waals surface area contributed by atoms with Crippen LogP contribution in [0.25, 0.3) is 6.08 Å². The van der Waals surface area contributed by atoms with Crippen LogP contribution in [0.15, 0.2) is 54.6 Å². The second-order valence-electron chi connectivity index (χ2n) is 6.78. The Labute approximate surface area is 167 Å².